The average molecular weight is 392 g/mol. The lowest BCUT2D eigenvalue weighted by Gasteiger charge is -2.21. The highest BCUT2D eigenvalue weighted by Gasteiger charge is 2.25. The van der Waals surface area contributed by atoms with Crippen LogP contribution in [0.5, 0.6) is 0 Å². The maximum atomic E-state index is 9.61. The van der Waals surface area contributed by atoms with E-state index in [0.29, 0.717) is 34.4 Å². The van der Waals surface area contributed by atoms with Gasteiger partial charge in [0.15, 0.2) is 0 Å². The Kier molecular flexibility index (Phi) is 4.90. The molecular weight excluding hydrogens is 372 g/mol. The predicted molar refractivity (Wildman–Crippen MR) is 110 cm³/mol. The van der Waals surface area contributed by atoms with Crippen LogP contribution < -0.4 is 10.6 Å². The van der Waals surface area contributed by atoms with Crippen LogP contribution in [0.2, 0.25) is 0 Å². The van der Waals surface area contributed by atoms with E-state index < -0.39 is 0 Å². The maximum absolute atomic E-state index is 9.61. The molecule has 9 heteroatoms. The first-order valence-corrected chi connectivity index (χ1v) is 9.79. The van der Waals surface area contributed by atoms with Crippen molar-refractivity contribution < 1.29 is 0 Å². The molecular formula is C19H20N8S. The Balaban J connectivity index is 1.74. The molecule has 1 fully saturated rings. The number of nitriles is 1. The van der Waals surface area contributed by atoms with Gasteiger partial charge in [-0.25, -0.2) is 15.0 Å². The number of nitrogens with two attached hydrogens (primary N) is 1. The minimum atomic E-state index is 0.305. The van der Waals surface area contributed by atoms with Gasteiger partial charge in [0.25, 0.3) is 0 Å². The van der Waals surface area contributed by atoms with Crippen LogP contribution in [-0.4, -0.2) is 58.1 Å². The molecule has 0 spiro atoms. The van der Waals surface area contributed by atoms with Crippen molar-refractivity contribution in [1.29, 1.82) is 5.26 Å². The normalized spacial score (nSPS) is 16.5. The third kappa shape index (κ3) is 3.40. The van der Waals surface area contributed by atoms with Crippen molar-refractivity contribution in [2.75, 3.05) is 37.8 Å². The van der Waals surface area contributed by atoms with Gasteiger partial charge in [0, 0.05) is 30.7 Å². The standard InChI is InChI=1S/C19H20N8S/c1-26(2)12-3-5-27(11-12)17-10-22-9-16(24-17)18-13(8-20)14(21)7-15(25-18)19-23-4-6-28-19/h4,6-7,9-10,12H,3,5,11H2,1-2H3,(H2,21,25)/t12-/m1/s1. The molecule has 3 aromatic heterocycles. The maximum Gasteiger partial charge on any atom is 0.147 e. The molecule has 0 radical (unpaired) electrons. The summed E-state index contributed by atoms with van der Waals surface area (Å²) < 4.78 is 0. The van der Waals surface area contributed by atoms with Gasteiger partial charge in [-0.2, -0.15) is 5.26 Å². The van der Waals surface area contributed by atoms with Gasteiger partial charge in [-0.3, -0.25) is 4.98 Å². The molecule has 0 amide bonds. The fraction of sp³-hybridized carbons (Fsp3) is 0.316. The van der Waals surface area contributed by atoms with Gasteiger partial charge in [0.2, 0.25) is 0 Å². The summed E-state index contributed by atoms with van der Waals surface area (Å²) in [5.41, 5.74) is 8.40. The molecule has 1 atom stereocenters. The number of nitrogens with zero attached hydrogens (tertiary/aromatic N) is 7. The van der Waals surface area contributed by atoms with Gasteiger partial charge in [-0.1, -0.05) is 0 Å². The second-order valence-corrected chi connectivity index (χ2v) is 7.78. The third-order valence-corrected chi connectivity index (χ3v) is 5.69. The molecule has 4 heterocycles. The number of nitrogen functional groups attached to an aromatic ring is 1. The van der Waals surface area contributed by atoms with Crippen LogP contribution in [0.3, 0.4) is 0 Å². The number of pyridine rings is 1. The topological polar surface area (TPSA) is 108 Å². The zero-order valence-corrected chi connectivity index (χ0v) is 16.5. The van der Waals surface area contributed by atoms with Crippen LogP contribution >= 0.6 is 11.3 Å². The molecule has 28 heavy (non-hydrogen) atoms. The van der Waals surface area contributed by atoms with E-state index in [-0.39, 0.29) is 0 Å². The molecule has 2 N–H and O–H groups in total. The molecule has 0 aliphatic carbocycles. The molecule has 0 saturated carbocycles. The second-order valence-electron chi connectivity index (χ2n) is 6.88. The fourth-order valence-electron chi connectivity index (χ4n) is 3.32. The summed E-state index contributed by atoms with van der Waals surface area (Å²) in [6.45, 7) is 1.81. The third-order valence-electron chi connectivity index (χ3n) is 4.90. The van der Waals surface area contributed by atoms with Crippen LogP contribution in [0.15, 0.2) is 30.0 Å². The van der Waals surface area contributed by atoms with Crippen LogP contribution in [-0.2, 0) is 0 Å². The summed E-state index contributed by atoms with van der Waals surface area (Å²) in [5, 5.41) is 12.2. The van der Waals surface area contributed by atoms with Gasteiger partial charge in [-0.15, -0.1) is 11.3 Å². The van der Waals surface area contributed by atoms with Crippen molar-refractivity contribution in [2.24, 2.45) is 0 Å². The summed E-state index contributed by atoms with van der Waals surface area (Å²) in [4.78, 5) is 22.5. The van der Waals surface area contributed by atoms with Crippen molar-refractivity contribution in [1.82, 2.24) is 24.8 Å². The van der Waals surface area contributed by atoms with E-state index in [1.807, 2.05) is 5.38 Å². The zero-order chi connectivity index (χ0) is 19.7. The number of hydrogen-bond donors (Lipinski definition) is 1. The SMILES string of the molecule is CN(C)[C@@H]1CCN(c2cncc(-c3nc(-c4nccs4)cc(N)c3C#N)n2)C1. The molecule has 3 aromatic rings. The van der Waals surface area contributed by atoms with Crippen molar-refractivity contribution in [3.63, 3.8) is 0 Å². The average Bonchev–Trinajstić information content (AvgIpc) is 3.39. The highest BCUT2D eigenvalue weighted by molar-refractivity contribution is 7.13. The minimum absolute atomic E-state index is 0.305. The van der Waals surface area contributed by atoms with Crippen molar-refractivity contribution >= 4 is 22.8 Å². The highest BCUT2D eigenvalue weighted by Crippen LogP contribution is 2.31. The van der Waals surface area contributed by atoms with Crippen LogP contribution in [0.4, 0.5) is 11.5 Å². The first kappa shape index (κ1) is 18.3. The Hall–Kier alpha value is -3.09. The molecule has 0 bridgehead atoms. The molecule has 1 aliphatic rings. The summed E-state index contributed by atoms with van der Waals surface area (Å²) >= 11 is 1.47. The summed E-state index contributed by atoms with van der Waals surface area (Å²) in [7, 11) is 4.18. The lowest BCUT2D eigenvalue weighted by Crippen LogP contribution is -2.31. The highest BCUT2D eigenvalue weighted by atomic mass is 32.1. The van der Waals surface area contributed by atoms with Crippen molar-refractivity contribution in [3.8, 4) is 28.2 Å². The van der Waals surface area contributed by atoms with Gasteiger partial charge in [0.1, 0.15) is 39.5 Å². The molecule has 4 rings (SSSR count). The Morgan fingerprint density at radius 3 is 2.82 bits per heavy atom. The predicted octanol–water partition coefficient (Wildman–Crippen LogP) is 2.26. The smallest absolute Gasteiger partial charge is 0.147 e. The van der Waals surface area contributed by atoms with E-state index in [4.69, 9.17) is 10.7 Å². The van der Waals surface area contributed by atoms with E-state index in [0.717, 1.165) is 30.3 Å². The van der Waals surface area contributed by atoms with E-state index in [2.05, 4.69) is 44.9 Å². The first-order valence-electron chi connectivity index (χ1n) is 8.91. The first-order chi connectivity index (χ1) is 13.6. The largest absolute Gasteiger partial charge is 0.398 e. The van der Waals surface area contributed by atoms with Gasteiger partial charge in [-0.05, 0) is 26.6 Å². The minimum Gasteiger partial charge on any atom is -0.398 e. The van der Waals surface area contributed by atoms with Crippen LogP contribution in [0.1, 0.15) is 12.0 Å². The van der Waals surface area contributed by atoms with Gasteiger partial charge in [0.05, 0.1) is 18.1 Å². The molecule has 0 unspecified atom stereocenters. The Labute approximate surface area is 167 Å². The van der Waals surface area contributed by atoms with Crippen LogP contribution in [0, 0.1) is 11.3 Å². The van der Waals surface area contributed by atoms with Crippen molar-refractivity contribution in [3.05, 3.63) is 35.6 Å². The fourth-order valence-corrected chi connectivity index (χ4v) is 3.92. The van der Waals surface area contributed by atoms with Gasteiger partial charge < -0.3 is 15.5 Å². The van der Waals surface area contributed by atoms with E-state index in [1.165, 1.54) is 11.3 Å². The summed E-state index contributed by atoms with van der Waals surface area (Å²) in [6.07, 6.45) is 6.16. The second kappa shape index (κ2) is 7.50. The quantitative estimate of drug-likeness (QED) is 0.720. The van der Waals surface area contributed by atoms with Crippen LogP contribution in [0.25, 0.3) is 22.1 Å². The summed E-state index contributed by atoms with van der Waals surface area (Å²) in [6, 6.07) is 4.32. The number of hydrogen-bond acceptors (Lipinski definition) is 9. The number of anilines is 2. The van der Waals surface area contributed by atoms with Crippen molar-refractivity contribution in [2.45, 2.75) is 12.5 Å². The molecule has 1 aliphatic heterocycles. The van der Waals surface area contributed by atoms with E-state index >= 15 is 0 Å². The molecule has 8 nitrogen and oxygen atoms in total. The number of rotatable bonds is 4. The summed E-state index contributed by atoms with van der Waals surface area (Å²) in [5.74, 6) is 0.783. The number of thiazole rings is 1. The Bertz CT molecular complexity index is 1020. The lowest BCUT2D eigenvalue weighted by atomic mass is 10.1. The molecule has 1 saturated heterocycles. The number of likely N-dealkylation sites (N-methyl/N-ethyl adjacent to an activating group) is 1. The van der Waals surface area contributed by atoms with E-state index in [1.54, 1.807) is 24.7 Å². The molecule has 142 valence electrons. The monoisotopic (exact) mass is 392 g/mol. The lowest BCUT2D eigenvalue weighted by molar-refractivity contribution is 0.315. The van der Waals surface area contributed by atoms with E-state index in [9.17, 15) is 5.26 Å². The Morgan fingerprint density at radius 1 is 1.29 bits per heavy atom. The zero-order valence-electron chi connectivity index (χ0n) is 15.7. The number of aromatic nitrogens is 4. The van der Waals surface area contributed by atoms with Gasteiger partial charge >= 0.3 is 0 Å². The molecule has 0 aromatic carbocycles. The Morgan fingerprint density at radius 2 is 2.14 bits per heavy atom.